The molecule has 36 heavy (non-hydrogen) atoms. The van der Waals surface area contributed by atoms with Crippen molar-refractivity contribution < 1.29 is 24.2 Å². The fourth-order valence-corrected chi connectivity index (χ4v) is 4.46. The molecule has 0 bridgehead atoms. The van der Waals surface area contributed by atoms with Crippen LogP contribution in [0.2, 0.25) is 0 Å². The maximum absolute atomic E-state index is 13.4. The molecule has 7 nitrogen and oxygen atoms in total. The van der Waals surface area contributed by atoms with E-state index in [0.29, 0.717) is 29.2 Å². The summed E-state index contributed by atoms with van der Waals surface area (Å²) in [7, 11) is 1.55. The number of hydrogen-bond donors (Lipinski definition) is 1. The normalized spacial score (nSPS) is 17.0. The summed E-state index contributed by atoms with van der Waals surface area (Å²) in [6.45, 7) is 6.60. The van der Waals surface area contributed by atoms with E-state index in [0.717, 1.165) is 11.3 Å². The molecule has 1 aliphatic heterocycles. The molecule has 1 fully saturated rings. The lowest BCUT2D eigenvalue weighted by atomic mass is 9.93. The van der Waals surface area contributed by atoms with Crippen LogP contribution in [-0.4, -0.2) is 40.4 Å². The molecule has 1 atom stereocenters. The first-order chi connectivity index (χ1) is 17.3. The van der Waals surface area contributed by atoms with Crippen LogP contribution in [0, 0.1) is 0 Å². The molecule has 7 heteroatoms. The van der Waals surface area contributed by atoms with Gasteiger partial charge in [0, 0.05) is 11.8 Å². The van der Waals surface area contributed by atoms with Crippen molar-refractivity contribution in [2.75, 3.05) is 13.7 Å². The molecule has 1 saturated heterocycles. The summed E-state index contributed by atoms with van der Waals surface area (Å²) in [5.74, 6) is -0.223. The summed E-state index contributed by atoms with van der Waals surface area (Å²) in [5, 5.41) is 11.5. The van der Waals surface area contributed by atoms with Gasteiger partial charge in [0.2, 0.25) is 0 Å². The van der Waals surface area contributed by atoms with Gasteiger partial charge in [-0.3, -0.25) is 14.6 Å². The second-order valence-corrected chi connectivity index (χ2v) is 8.87. The molecule has 0 spiro atoms. The molecule has 3 aromatic rings. The highest BCUT2D eigenvalue weighted by atomic mass is 16.5. The molecule has 0 radical (unpaired) electrons. The summed E-state index contributed by atoms with van der Waals surface area (Å²) in [4.78, 5) is 32.4. The fraction of sp³-hybridized carbons (Fsp3) is 0.276. The number of benzene rings is 2. The van der Waals surface area contributed by atoms with Crippen molar-refractivity contribution in [2.24, 2.45) is 0 Å². The molecule has 1 N–H and O–H groups in total. The third-order valence-electron chi connectivity index (χ3n) is 6.21. The van der Waals surface area contributed by atoms with Crippen LogP contribution in [0.4, 0.5) is 0 Å². The van der Waals surface area contributed by atoms with Gasteiger partial charge < -0.3 is 19.5 Å². The second-order valence-electron chi connectivity index (χ2n) is 8.87. The Morgan fingerprint density at radius 2 is 1.89 bits per heavy atom. The average Bonchev–Trinajstić information content (AvgIpc) is 3.14. The second kappa shape index (κ2) is 10.6. The van der Waals surface area contributed by atoms with Gasteiger partial charge in [0.1, 0.15) is 17.3 Å². The Balaban J connectivity index is 1.88. The first-order valence-electron chi connectivity index (χ1n) is 11.9. The van der Waals surface area contributed by atoms with Crippen LogP contribution < -0.4 is 9.47 Å². The highest BCUT2D eigenvalue weighted by molar-refractivity contribution is 6.46. The third-order valence-corrected chi connectivity index (χ3v) is 6.21. The van der Waals surface area contributed by atoms with E-state index in [2.05, 4.69) is 4.98 Å². The Kier molecular flexibility index (Phi) is 7.38. The van der Waals surface area contributed by atoms with E-state index in [9.17, 15) is 14.7 Å². The summed E-state index contributed by atoms with van der Waals surface area (Å²) >= 11 is 0. The van der Waals surface area contributed by atoms with E-state index < -0.39 is 17.7 Å². The van der Waals surface area contributed by atoms with Crippen LogP contribution in [0.1, 0.15) is 55.1 Å². The number of hydrogen-bond acceptors (Lipinski definition) is 6. The molecule has 186 valence electrons. The van der Waals surface area contributed by atoms with Gasteiger partial charge in [-0.2, -0.15) is 0 Å². The standard InChI is InChI=1S/C29H30N2O5/c1-5-36-24-13-12-20(16-23(24)18(2)3)27(32)25-26(19-9-8-11-22(15-19)35-4)31(29(34)28(25)33)17-21-10-6-7-14-30-21/h6-16,18,26,32H,5,17H2,1-4H3/b27-25-. The predicted molar refractivity (Wildman–Crippen MR) is 137 cm³/mol. The van der Waals surface area contributed by atoms with Crippen LogP contribution in [0.25, 0.3) is 5.76 Å². The minimum Gasteiger partial charge on any atom is -0.507 e. The van der Waals surface area contributed by atoms with Crippen molar-refractivity contribution in [3.05, 3.63) is 94.8 Å². The number of carbonyl (C=O) groups is 2. The number of aliphatic hydroxyl groups excluding tert-OH is 1. The van der Waals surface area contributed by atoms with Crippen LogP contribution in [0.3, 0.4) is 0 Å². The number of Topliss-reactive ketones (excluding diaryl/α,β-unsaturated/α-hetero) is 1. The highest BCUT2D eigenvalue weighted by Crippen LogP contribution is 2.41. The summed E-state index contributed by atoms with van der Waals surface area (Å²) in [6, 6.07) is 17.1. The highest BCUT2D eigenvalue weighted by Gasteiger charge is 2.46. The van der Waals surface area contributed by atoms with E-state index in [1.807, 2.05) is 39.0 Å². The smallest absolute Gasteiger partial charge is 0.296 e. The monoisotopic (exact) mass is 486 g/mol. The molecule has 4 rings (SSSR count). The van der Waals surface area contributed by atoms with E-state index >= 15 is 0 Å². The number of rotatable bonds is 8. The van der Waals surface area contributed by atoms with Crippen LogP contribution in [0.15, 0.2) is 72.4 Å². The van der Waals surface area contributed by atoms with Crippen molar-refractivity contribution in [2.45, 2.75) is 39.3 Å². The molecule has 2 aromatic carbocycles. The molecular weight excluding hydrogens is 456 g/mol. The maximum Gasteiger partial charge on any atom is 0.296 e. The van der Waals surface area contributed by atoms with Gasteiger partial charge in [0.05, 0.1) is 37.6 Å². The van der Waals surface area contributed by atoms with Gasteiger partial charge in [-0.1, -0.05) is 32.0 Å². The number of pyridine rings is 1. The molecule has 0 saturated carbocycles. The van der Waals surface area contributed by atoms with Gasteiger partial charge in [-0.25, -0.2) is 0 Å². The minimum atomic E-state index is -0.809. The van der Waals surface area contributed by atoms with Crippen molar-refractivity contribution in [1.82, 2.24) is 9.88 Å². The lowest BCUT2D eigenvalue weighted by Crippen LogP contribution is -2.29. The summed E-state index contributed by atoms with van der Waals surface area (Å²) in [5.41, 5.74) is 2.67. The molecule has 0 aliphatic carbocycles. The Morgan fingerprint density at radius 3 is 2.56 bits per heavy atom. The zero-order valence-electron chi connectivity index (χ0n) is 20.9. The van der Waals surface area contributed by atoms with Crippen LogP contribution >= 0.6 is 0 Å². The third kappa shape index (κ3) is 4.82. The van der Waals surface area contributed by atoms with Crippen LogP contribution in [0.5, 0.6) is 11.5 Å². The van der Waals surface area contributed by atoms with Crippen molar-refractivity contribution >= 4 is 17.4 Å². The maximum atomic E-state index is 13.4. The number of ether oxygens (including phenoxy) is 2. The molecule has 2 heterocycles. The average molecular weight is 487 g/mol. The van der Waals surface area contributed by atoms with E-state index in [1.165, 1.54) is 4.90 Å². The number of amides is 1. The van der Waals surface area contributed by atoms with Gasteiger partial charge in [-0.15, -0.1) is 0 Å². The lowest BCUT2D eigenvalue weighted by Gasteiger charge is -2.25. The fourth-order valence-electron chi connectivity index (χ4n) is 4.46. The zero-order chi connectivity index (χ0) is 25.8. The van der Waals surface area contributed by atoms with Gasteiger partial charge >= 0.3 is 0 Å². The number of aromatic nitrogens is 1. The van der Waals surface area contributed by atoms with Gasteiger partial charge in [0.15, 0.2) is 0 Å². The number of ketones is 1. The largest absolute Gasteiger partial charge is 0.507 e. The number of carbonyl (C=O) groups excluding carboxylic acids is 2. The predicted octanol–water partition coefficient (Wildman–Crippen LogP) is 5.23. The summed E-state index contributed by atoms with van der Waals surface area (Å²) in [6.07, 6.45) is 1.64. The minimum absolute atomic E-state index is 0.0306. The Labute approximate surface area is 211 Å². The van der Waals surface area contributed by atoms with Crippen molar-refractivity contribution in [3.8, 4) is 11.5 Å². The lowest BCUT2D eigenvalue weighted by molar-refractivity contribution is -0.140. The number of aliphatic hydroxyl groups is 1. The number of nitrogens with zero attached hydrogens (tertiary/aromatic N) is 2. The first-order valence-corrected chi connectivity index (χ1v) is 11.9. The topological polar surface area (TPSA) is 89.0 Å². The Bertz CT molecular complexity index is 1300. The van der Waals surface area contributed by atoms with E-state index in [4.69, 9.17) is 9.47 Å². The van der Waals surface area contributed by atoms with E-state index in [1.54, 1.807) is 55.8 Å². The Morgan fingerprint density at radius 1 is 1.08 bits per heavy atom. The summed E-state index contributed by atoms with van der Waals surface area (Å²) < 4.78 is 11.1. The van der Waals surface area contributed by atoms with Crippen molar-refractivity contribution in [1.29, 1.82) is 0 Å². The SMILES string of the molecule is CCOc1ccc(/C(O)=C2/C(=O)C(=O)N(Cc3ccccn3)C2c2cccc(OC)c2)cc1C(C)C. The molecule has 1 aliphatic rings. The Hall–Kier alpha value is -4.13. The number of likely N-dealkylation sites (tertiary alicyclic amines) is 1. The molecule has 1 amide bonds. The van der Waals surface area contributed by atoms with Crippen molar-refractivity contribution in [3.63, 3.8) is 0 Å². The van der Waals surface area contributed by atoms with Crippen LogP contribution in [-0.2, 0) is 16.1 Å². The molecule has 1 aromatic heterocycles. The quantitative estimate of drug-likeness (QED) is 0.266. The zero-order valence-corrected chi connectivity index (χ0v) is 20.9. The number of methoxy groups -OCH3 is 1. The first kappa shape index (κ1) is 25.0. The van der Waals surface area contributed by atoms with Gasteiger partial charge in [0.25, 0.3) is 11.7 Å². The van der Waals surface area contributed by atoms with E-state index in [-0.39, 0.29) is 23.8 Å². The van der Waals surface area contributed by atoms with Gasteiger partial charge in [-0.05, 0) is 66.4 Å². The molecule has 1 unspecified atom stereocenters. The molecular formula is C29H30N2O5.